The van der Waals surface area contributed by atoms with E-state index in [-0.39, 0.29) is 5.60 Å². The van der Waals surface area contributed by atoms with Crippen LogP contribution in [-0.2, 0) is 5.60 Å². The zero-order valence-electron chi connectivity index (χ0n) is 14.9. The van der Waals surface area contributed by atoms with E-state index in [4.69, 9.17) is 4.74 Å². The predicted molar refractivity (Wildman–Crippen MR) is 104 cm³/mol. The van der Waals surface area contributed by atoms with E-state index in [1.54, 1.807) is 11.3 Å². The summed E-state index contributed by atoms with van der Waals surface area (Å²) in [6.45, 7) is 12.3. The van der Waals surface area contributed by atoms with Crippen molar-refractivity contribution < 1.29 is 4.74 Å². The molecule has 2 heterocycles. The zero-order valence-corrected chi connectivity index (χ0v) is 15.8. The monoisotopic (exact) mass is 326 g/mol. The van der Waals surface area contributed by atoms with E-state index in [0.29, 0.717) is 0 Å². The summed E-state index contributed by atoms with van der Waals surface area (Å²) < 4.78 is 6.15. The van der Waals surface area contributed by atoms with Crippen LogP contribution in [0.3, 0.4) is 0 Å². The van der Waals surface area contributed by atoms with Crippen LogP contribution >= 0.6 is 11.3 Å². The smallest absolute Gasteiger partial charge is 0.182 e. The Kier molecular flexibility index (Phi) is 5.48. The minimum Gasteiger partial charge on any atom is -0.473 e. The second-order valence-electron chi connectivity index (χ2n) is 5.44. The van der Waals surface area contributed by atoms with Gasteiger partial charge in [-0.2, -0.15) is 0 Å². The number of hydrogen-bond donors (Lipinski definition) is 0. The Bertz CT molecular complexity index is 783. The summed E-state index contributed by atoms with van der Waals surface area (Å²) in [5, 5.41) is 5.75. The van der Waals surface area contributed by atoms with E-state index in [1.165, 1.54) is 27.5 Å². The van der Waals surface area contributed by atoms with Crippen LogP contribution in [0.1, 0.15) is 47.1 Å². The average molecular weight is 327 g/mol. The van der Waals surface area contributed by atoms with Gasteiger partial charge in [0.2, 0.25) is 0 Å². The van der Waals surface area contributed by atoms with Crippen molar-refractivity contribution in [1.82, 2.24) is 0 Å². The highest BCUT2D eigenvalue weighted by atomic mass is 32.1. The van der Waals surface area contributed by atoms with Gasteiger partial charge in [0, 0.05) is 16.7 Å². The number of ether oxygens (including phenoxy) is 1. The van der Waals surface area contributed by atoms with Gasteiger partial charge in [-0.25, -0.2) is 0 Å². The lowest BCUT2D eigenvalue weighted by Crippen LogP contribution is -2.28. The molecule has 1 aromatic heterocycles. The first-order chi connectivity index (χ1) is 11.2. The van der Waals surface area contributed by atoms with Gasteiger partial charge in [-0.15, -0.1) is 11.3 Å². The molecule has 3 aromatic rings. The van der Waals surface area contributed by atoms with Crippen molar-refractivity contribution in [2.45, 2.75) is 47.1 Å². The zero-order chi connectivity index (χ0) is 17.0. The maximum absolute atomic E-state index is 6.15. The van der Waals surface area contributed by atoms with E-state index < -0.39 is 0 Å². The summed E-state index contributed by atoms with van der Waals surface area (Å²) >= 11 is 1.68. The molecule has 0 amide bonds. The van der Waals surface area contributed by atoms with Gasteiger partial charge in [-0.05, 0) is 36.1 Å². The molecule has 0 aliphatic carbocycles. The van der Waals surface area contributed by atoms with Crippen molar-refractivity contribution in [3.63, 3.8) is 0 Å². The number of benzene rings is 2. The first-order valence-corrected chi connectivity index (χ1v) is 9.34. The molecule has 0 atom stereocenters. The summed E-state index contributed by atoms with van der Waals surface area (Å²) in [4.78, 5) is 0. The Hall–Kier alpha value is -1.80. The lowest BCUT2D eigenvalue weighted by molar-refractivity contribution is 0.111. The second kappa shape index (κ2) is 7.18. The molecule has 0 radical (unpaired) electrons. The maximum Gasteiger partial charge on any atom is 0.182 e. The van der Waals surface area contributed by atoms with Gasteiger partial charge in [0.15, 0.2) is 5.06 Å². The third-order valence-corrected chi connectivity index (χ3v) is 4.61. The molecule has 1 aliphatic heterocycles. The molecule has 122 valence electrons. The van der Waals surface area contributed by atoms with Crippen molar-refractivity contribution in [1.29, 1.82) is 0 Å². The molecule has 2 heteroatoms. The molecule has 0 N–H and O–H groups in total. The molecule has 0 bridgehead atoms. The van der Waals surface area contributed by atoms with E-state index in [2.05, 4.69) is 61.7 Å². The molecule has 23 heavy (non-hydrogen) atoms. The third kappa shape index (κ3) is 3.00. The Balaban J connectivity index is 0.000000448. The Morgan fingerprint density at radius 2 is 1.57 bits per heavy atom. The van der Waals surface area contributed by atoms with Gasteiger partial charge < -0.3 is 4.74 Å². The topological polar surface area (TPSA) is 9.23 Å². The predicted octanol–water partition coefficient (Wildman–Crippen LogP) is 7.25. The molecule has 1 aliphatic rings. The molecule has 0 unspecified atom stereocenters. The number of rotatable bonds is 0. The highest BCUT2D eigenvalue weighted by molar-refractivity contribution is 7.12. The van der Waals surface area contributed by atoms with Gasteiger partial charge in [-0.3, -0.25) is 0 Å². The third-order valence-electron chi connectivity index (χ3n) is 3.82. The van der Waals surface area contributed by atoms with E-state index in [9.17, 15) is 0 Å². The summed E-state index contributed by atoms with van der Waals surface area (Å²) in [7, 11) is 0. The molecule has 1 nitrogen and oxygen atoms in total. The molecule has 0 saturated carbocycles. The normalized spacial score (nSPS) is 13.5. The highest BCUT2D eigenvalue weighted by Gasteiger charge is 2.34. The van der Waals surface area contributed by atoms with Crippen molar-refractivity contribution >= 4 is 22.1 Å². The highest BCUT2D eigenvalue weighted by Crippen LogP contribution is 2.50. The van der Waals surface area contributed by atoms with Gasteiger partial charge in [0.1, 0.15) is 5.60 Å². The minimum absolute atomic E-state index is 0.267. The Morgan fingerprint density at radius 3 is 2.30 bits per heavy atom. The van der Waals surface area contributed by atoms with Gasteiger partial charge in [-0.1, -0.05) is 64.1 Å². The summed E-state index contributed by atoms with van der Waals surface area (Å²) in [6.07, 6.45) is 0. The van der Waals surface area contributed by atoms with Crippen molar-refractivity contribution in [2.75, 3.05) is 0 Å². The van der Waals surface area contributed by atoms with Gasteiger partial charge in [0.25, 0.3) is 0 Å². The van der Waals surface area contributed by atoms with E-state index in [0.717, 1.165) is 5.06 Å². The standard InChI is InChI=1S/C17H14OS.2C2H6/c1-17(2)14-8-7-11-5-3-4-6-12(11)15(14)13-9-10-19-16(13)18-17;2*1-2/h3-10H,1-2H3;2*1-2H3. The van der Waals surface area contributed by atoms with Gasteiger partial charge in [0.05, 0.1) is 0 Å². The molecular formula is C21H26OS. The number of thiophene rings is 1. The first kappa shape index (κ1) is 17.6. The van der Waals surface area contributed by atoms with Crippen LogP contribution in [0.2, 0.25) is 0 Å². The second-order valence-corrected chi connectivity index (χ2v) is 6.32. The fraction of sp³-hybridized carbons (Fsp3) is 0.333. The van der Waals surface area contributed by atoms with Crippen molar-refractivity contribution in [2.24, 2.45) is 0 Å². The Labute approximate surface area is 143 Å². The molecule has 0 fully saturated rings. The Morgan fingerprint density at radius 1 is 0.870 bits per heavy atom. The van der Waals surface area contributed by atoms with Crippen LogP contribution in [0.15, 0.2) is 47.8 Å². The first-order valence-electron chi connectivity index (χ1n) is 8.46. The van der Waals surface area contributed by atoms with Crippen LogP contribution in [0.25, 0.3) is 21.9 Å². The summed E-state index contributed by atoms with van der Waals surface area (Å²) in [6, 6.07) is 15.1. The van der Waals surface area contributed by atoms with Crippen LogP contribution in [0.4, 0.5) is 0 Å². The average Bonchev–Trinajstić information content (AvgIpc) is 3.05. The number of fused-ring (bicyclic) bond motifs is 5. The van der Waals surface area contributed by atoms with E-state index in [1.807, 2.05) is 27.7 Å². The van der Waals surface area contributed by atoms with Crippen molar-refractivity contribution in [3.05, 3.63) is 53.4 Å². The van der Waals surface area contributed by atoms with E-state index >= 15 is 0 Å². The van der Waals surface area contributed by atoms with Crippen LogP contribution < -0.4 is 4.74 Å². The molecule has 4 rings (SSSR count). The van der Waals surface area contributed by atoms with Crippen LogP contribution in [-0.4, -0.2) is 0 Å². The van der Waals surface area contributed by atoms with Crippen LogP contribution in [0, 0.1) is 0 Å². The SMILES string of the molecule is CC.CC.CC1(C)Oc2sccc2-c2c1ccc1ccccc21. The quantitative estimate of drug-likeness (QED) is 0.423. The minimum atomic E-state index is -0.267. The summed E-state index contributed by atoms with van der Waals surface area (Å²) in [5.74, 6) is 0. The lowest BCUT2D eigenvalue weighted by atomic mass is 9.85. The summed E-state index contributed by atoms with van der Waals surface area (Å²) in [5.41, 5.74) is 3.58. The maximum atomic E-state index is 6.15. The molecule has 0 saturated heterocycles. The molecular weight excluding hydrogens is 300 g/mol. The van der Waals surface area contributed by atoms with Crippen molar-refractivity contribution in [3.8, 4) is 16.2 Å². The molecule has 0 spiro atoms. The van der Waals surface area contributed by atoms with Crippen LogP contribution in [0.5, 0.6) is 5.06 Å². The molecule has 2 aromatic carbocycles. The largest absolute Gasteiger partial charge is 0.473 e. The van der Waals surface area contributed by atoms with Gasteiger partial charge >= 0.3 is 0 Å². The lowest BCUT2D eigenvalue weighted by Gasteiger charge is -2.33. The fourth-order valence-corrected chi connectivity index (χ4v) is 3.79. The number of hydrogen-bond acceptors (Lipinski definition) is 2. The fourth-order valence-electron chi connectivity index (χ4n) is 2.91.